The lowest BCUT2D eigenvalue weighted by Gasteiger charge is -2.12. The third-order valence-electron chi connectivity index (χ3n) is 3.93. The maximum atomic E-state index is 12.5. The van der Waals surface area contributed by atoms with Crippen LogP contribution in [0.1, 0.15) is 43.8 Å². The molecule has 0 bridgehead atoms. The van der Waals surface area contributed by atoms with Crippen molar-refractivity contribution < 1.29 is 19.5 Å². The van der Waals surface area contributed by atoms with E-state index in [0.29, 0.717) is 16.8 Å². The van der Waals surface area contributed by atoms with Crippen molar-refractivity contribution in [2.24, 2.45) is 0 Å². The monoisotopic (exact) mass is 354 g/mol. The number of aliphatic carboxylic acids is 1. The zero-order valence-corrected chi connectivity index (χ0v) is 15.1. The van der Waals surface area contributed by atoms with Gasteiger partial charge in [0.2, 0.25) is 0 Å². The Morgan fingerprint density at radius 3 is 2.04 bits per heavy atom. The molecule has 2 amide bonds. The number of nitrogens with one attached hydrogen (secondary N) is 2. The molecule has 0 saturated carbocycles. The number of anilines is 1. The second kappa shape index (κ2) is 8.29. The highest BCUT2D eigenvalue weighted by molar-refractivity contribution is 6.06. The summed E-state index contributed by atoms with van der Waals surface area (Å²) in [5, 5.41) is 13.9. The molecule has 136 valence electrons. The molecule has 0 radical (unpaired) electrons. The first-order valence-electron chi connectivity index (χ1n) is 8.27. The second-order valence-electron chi connectivity index (χ2n) is 6.20. The van der Waals surface area contributed by atoms with Crippen LogP contribution in [0.25, 0.3) is 0 Å². The maximum Gasteiger partial charge on any atom is 0.305 e. The molecule has 6 heteroatoms. The highest BCUT2D eigenvalue weighted by Gasteiger charge is 2.13. The lowest BCUT2D eigenvalue weighted by Crippen LogP contribution is -2.26. The molecule has 0 spiro atoms. The average Bonchev–Trinajstić information content (AvgIpc) is 2.54. The van der Waals surface area contributed by atoms with Crippen LogP contribution in [-0.4, -0.2) is 29.4 Å². The van der Waals surface area contributed by atoms with Gasteiger partial charge in [0, 0.05) is 23.4 Å². The Bertz CT molecular complexity index is 818. The average molecular weight is 354 g/mol. The van der Waals surface area contributed by atoms with E-state index in [1.165, 1.54) is 0 Å². The van der Waals surface area contributed by atoms with Gasteiger partial charge in [-0.1, -0.05) is 17.7 Å². The van der Waals surface area contributed by atoms with Gasteiger partial charge >= 0.3 is 5.97 Å². The van der Waals surface area contributed by atoms with Crippen LogP contribution in [0.15, 0.2) is 36.4 Å². The normalized spacial score (nSPS) is 10.3. The summed E-state index contributed by atoms with van der Waals surface area (Å²) in [6, 6.07) is 10.4. The van der Waals surface area contributed by atoms with Gasteiger partial charge in [0.05, 0.1) is 6.42 Å². The molecular formula is C20H22N2O4. The number of hydrogen-bond donors (Lipinski definition) is 3. The van der Waals surface area contributed by atoms with E-state index in [0.717, 1.165) is 16.7 Å². The Kier molecular flexibility index (Phi) is 6.11. The van der Waals surface area contributed by atoms with E-state index >= 15 is 0 Å². The number of carboxylic acid groups (broad SMARTS) is 1. The van der Waals surface area contributed by atoms with Crippen LogP contribution in [0.3, 0.4) is 0 Å². The fourth-order valence-electron chi connectivity index (χ4n) is 2.82. The molecule has 0 unspecified atom stereocenters. The van der Waals surface area contributed by atoms with Gasteiger partial charge in [-0.2, -0.15) is 0 Å². The number of aryl methyl sites for hydroxylation is 3. The summed E-state index contributed by atoms with van der Waals surface area (Å²) in [6.45, 7) is 5.86. The van der Waals surface area contributed by atoms with Crippen molar-refractivity contribution in [3.05, 3.63) is 64.2 Å². The van der Waals surface area contributed by atoms with Crippen molar-refractivity contribution >= 4 is 23.5 Å². The Morgan fingerprint density at radius 2 is 1.50 bits per heavy atom. The SMILES string of the molecule is Cc1cc(C)c(C(=O)Nc2ccc(C(=O)NCCC(=O)O)cc2)c(C)c1. The Morgan fingerprint density at radius 1 is 0.923 bits per heavy atom. The number of amides is 2. The van der Waals surface area contributed by atoms with Crippen molar-refractivity contribution in [3.8, 4) is 0 Å². The number of carbonyl (C=O) groups is 3. The zero-order valence-electron chi connectivity index (χ0n) is 15.1. The summed E-state index contributed by atoms with van der Waals surface area (Å²) < 4.78 is 0. The minimum Gasteiger partial charge on any atom is -0.481 e. The first kappa shape index (κ1) is 19.2. The topological polar surface area (TPSA) is 95.5 Å². The number of carbonyl (C=O) groups excluding carboxylic acids is 2. The molecule has 2 rings (SSSR count). The van der Waals surface area contributed by atoms with E-state index in [-0.39, 0.29) is 24.8 Å². The molecule has 0 atom stereocenters. The Labute approximate surface area is 152 Å². The van der Waals surface area contributed by atoms with Crippen LogP contribution in [0.5, 0.6) is 0 Å². The summed E-state index contributed by atoms with van der Waals surface area (Å²) >= 11 is 0. The van der Waals surface area contributed by atoms with Gasteiger partial charge in [0.25, 0.3) is 11.8 Å². The molecule has 0 aliphatic carbocycles. The molecular weight excluding hydrogens is 332 g/mol. The van der Waals surface area contributed by atoms with E-state index in [1.54, 1.807) is 24.3 Å². The highest BCUT2D eigenvalue weighted by Crippen LogP contribution is 2.18. The minimum absolute atomic E-state index is 0.0681. The molecule has 0 aliphatic heterocycles. The van der Waals surface area contributed by atoms with Gasteiger partial charge in [-0.15, -0.1) is 0 Å². The van der Waals surface area contributed by atoms with Crippen molar-refractivity contribution in [2.75, 3.05) is 11.9 Å². The van der Waals surface area contributed by atoms with Gasteiger partial charge in [-0.3, -0.25) is 14.4 Å². The van der Waals surface area contributed by atoms with Crippen molar-refractivity contribution in [1.29, 1.82) is 0 Å². The molecule has 2 aromatic carbocycles. The third-order valence-corrected chi connectivity index (χ3v) is 3.93. The van der Waals surface area contributed by atoms with E-state index in [9.17, 15) is 14.4 Å². The lowest BCUT2D eigenvalue weighted by molar-refractivity contribution is -0.136. The maximum absolute atomic E-state index is 12.5. The summed E-state index contributed by atoms with van der Waals surface area (Å²) in [7, 11) is 0. The summed E-state index contributed by atoms with van der Waals surface area (Å²) in [4.78, 5) is 34.9. The standard InChI is InChI=1S/C20H22N2O4/c1-12-10-13(2)18(14(3)11-12)20(26)22-16-6-4-15(5-7-16)19(25)21-9-8-17(23)24/h4-7,10-11H,8-9H2,1-3H3,(H,21,25)(H,22,26)(H,23,24). The quantitative estimate of drug-likeness (QED) is 0.743. The molecule has 6 nitrogen and oxygen atoms in total. The van der Waals surface area contributed by atoms with Crippen molar-refractivity contribution in [1.82, 2.24) is 5.32 Å². The first-order valence-corrected chi connectivity index (χ1v) is 8.27. The van der Waals surface area contributed by atoms with E-state index in [4.69, 9.17) is 5.11 Å². The molecule has 0 saturated heterocycles. The second-order valence-corrected chi connectivity index (χ2v) is 6.20. The van der Waals surface area contributed by atoms with Crippen molar-refractivity contribution in [2.45, 2.75) is 27.2 Å². The molecule has 26 heavy (non-hydrogen) atoms. The van der Waals surface area contributed by atoms with Gasteiger partial charge in [0.15, 0.2) is 0 Å². The third kappa shape index (κ3) is 4.92. The molecule has 3 N–H and O–H groups in total. The Balaban J connectivity index is 2.04. The van der Waals surface area contributed by atoms with Crippen LogP contribution >= 0.6 is 0 Å². The lowest BCUT2D eigenvalue weighted by atomic mass is 9.99. The van der Waals surface area contributed by atoms with E-state index < -0.39 is 5.97 Å². The largest absolute Gasteiger partial charge is 0.481 e. The van der Waals surface area contributed by atoms with Crippen LogP contribution < -0.4 is 10.6 Å². The van der Waals surface area contributed by atoms with Crippen molar-refractivity contribution in [3.63, 3.8) is 0 Å². The Hall–Kier alpha value is -3.15. The summed E-state index contributed by atoms with van der Waals surface area (Å²) in [5.41, 5.74) is 4.55. The van der Waals surface area contributed by atoms with Crippen LogP contribution in [-0.2, 0) is 4.79 Å². The van der Waals surface area contributed by atoms with Gasteiger partial charge < -0.3 is 15.7 Å². The van der Waals surface area contributed by atoms with Gasteiger partial charge in [-0.05, 0) is 56.2 Å². The minimum atomic E-state index is -0.968. The fraction of sp³-hybridized carbons (Fsp3) is 0.250. The molecule has 0 aromatic heterocycles. The molecule has 0 aliphatic rings. The van der Waals surface area contributed by atoms with Crippen LogP contribution in [0.2, 0.25) is 0 Å². The number of carboxylic acids is 1. The summed E-state index contributed by atoms with van der Waals surface area (Å²) in [5.74, 6) is -1.52. The first-order chi connectivity index (χ1) is 12.3. The molecule has 0 heterocycles. The van der Waals surface area contributed by atoms with Gasteiger partial charge in [0.1, 0.15) is 0 Å². The summed E-state index contributed by atoms with van der Waals surface area (Å²) in [6.07, 6.45) is -0.130. The zero-order chi connectivity index (χ0) is 19.3. The van der Waals surface area contributed by atoms with Crippen LogP contribution in [0, 0.1) is 20.8 Å². The van der Waals surface area contributed by atoms with E-state index in [2.05, 4.69) is 10.6 Å². The fourth-order valence-corrected chi connectivity index (χ4v) is 2.82. The predicted octanol–water partition coefficient (Wildman–Crippen LogP) is 3.07. The highest BCUT2D eigenvalue weighted by atomic mass is 16.4. The molecule has 2 aromatic rings. The smallest absolute Gasteiger partial charge is 0.305 e. The van der Waals surface area contributed by atoms with E-state index in [1.807, 2.05) is 32.9 Å². The van der Waals surface area contributed by atoms with Gasteiger partial charge in [-0.25, -0.2) is 0 Å². The predicted molar refractivity (Wildman–Crippen MR) is 99.6 cm³/mol. The number of hydrogen-bond acceptors (Lipinski definition) is 3. The molecule has 0 fully saturated rings. The number of benzene rings is 2. The number of rotatable bonds is 6. The van der Waals surface area contributed by atoms with Crippen LogP contribution in [0.4, 0.5) is 5.69 Å².